The standard InChI is InChI=1S/C25H26N2O5/c28-24(27-13-5-7-19(16-27)17-31-21-9-2-1-3-10-21)18-32-22-11-4-8-20(15-22)26-25(29)23-12-6-14-30-23/h1-4,6,8-12,14-15,19H,5,7,13,16-18H2,(H,26,29). The number of ether oxygens (including phenoxy) is 2. The molecule has 7 nitrogen and oxygen atoms in total. The molecule has 1 aliphatic heterocycles. The maximum absolute atomic E-state index is 12.7. The molecule has 2 heterocycles. The Balaban J connectivity index is 1.25. The highest BCUT2D eigenvalue weighted by Gasteiger charge is 2.24. The average Bonchev–Trinajstić information content (AvgIpc) is 3.38. The minimum atomic E-state index is -0.347. The van der Waals surface area contributed by atoms with Gasteiger partial charge in [-0.2, -0.15) is 0 Å². The van der Waals surface area contributed by atoms with Crippen molar-refractivity contribution in [3.63, 3.8) is 0 Å². The van der Waals surface area contributed by atoms with Gasteiger partial charge >= 0.3 is 0 Å². The second kappa shape index (κ2) is 10.5. The molecule has 0 radical (unpaired) electrons. The summed E-state index contributed by atoms with van der Waals surface area (Å²) in [6, 6.07) is 19.9. The van der Waals surface area contributed by atoms with Crippen LogP contribution >= 0.6 is 0 Å². The van der Waals surface area contributed by atoms with Crippen LogP contribution in [0.4, 0.5) is 5.69 Å². The van der Waals surface area contributed by atoms with Crippen LogP contribution in [0.1, 0.15) is 23.4 Å². The van der Waals surface area contributed by atoms with Gasteiger partial charge in [-0.25, -0.2) is 0 Å². The highest BCUT2D eigenvalue weighted by atomic mass is 16.5. The van der Waals surface area contributed by atoms with Gasteiger partial charge in [-0.05, 0) is 49.2 Å². The average molecular weight is 434 g/mol. The first-order chi connectivity index (χ1) is 15.7. The van der Waals surface area contributed by atoms with Crippen LogP contribution in [0.5, 0.6) is 11.5 Å². The summed E-state index contributed by atoms with van der Waals surface area (Å²) in [4.78, 5) is 26.6. The summed E-state index contributed by atoms with van der Waals surface area (Å²) in [7, 11) is 0. The van der Waals surface area contributed by atoms with E-state index in [1.54, 1.807) is 36.4 Å². The molecule has 1 saturated heterocycles. The van der Waals surface area contributed by atoms with Crippen molar-refractivity contribution in [2.75, 3.05) is 31.6 Å². The Morgan fingerprint density at radius 1 is 1.00 bits per heavy atom. The SMILES string of the molecule is O=C(Nc1cccc(OCC(=O)N2CCCC(COc3ccccc3)C2)c1)c1ccco1. The molecule has 4 rings (SSSR count). The number of rotatable bonds is 8. The van der Waals surface area contributed by atoms with Crippen LogP contribution < -0.4 is 14.8 Å². The summed E-state index contributed by atoms with van der Waals surface area (Å²) < 4.78 is 16.7. The maximum atomic E-state index is 12.7. The topological polar surface area (TPSA) is 81.0 Å². The van der Waals surface area contributed by atoms with Crippen LogP contribution in [0, 0.1) is 5.92 Å². The van der Waals surface area contributed by atoms with Crippen molar-refractivity contribution in [2.45, 2.75) is 12.8 Å². The predicted octanol–water partition coefficient (Wildman–Crippen LogP) is 4.23. The van der Waals surface area contributed by atoms with Crippen molar-refractivity contribution in [1.29, 1.82) is 0 Å². The third kappa shape index (κ3) is 5.91. The summed E-state index contributed by atoms with van der Waals surface area (Å²) in [6.45, 7) is 1.92. The van der Waals surface area contributed by atoms with Gasteiger partial charge in [-0.1, -0.05) is 24.3 Å². The first-order valence-electron chi connectivity index (χ1n) is 10.7. The third-order valence-electron chi connectivity index (χ3n) is 5.30. The molecule has 2 amide bonds. The number of hydrogen-bond acceptors (Lipinski definition) is 5. The van der Waals surface area contributed by atoms with Crippen LogP contribution in [0.15, 0.2) is 77.4 Å². The van der Waals surface area contributed by atoms with Crippen molar-refractivity contribution in [3.8, 4) is 11.5 Å². The highest BCUT2D eigenvalue weighted by molar-refractivity contribution is 6.02. The lowest BCUT2D eigenvalue weighted by molar-refractivity contribution is -0.135. The van der Waals surface area contributed by atoms with Gasteiger partial charge in [-0.15, -0.1) is 0 Å². The molecule has 1 N–H and O–H groups in total. The minimum absolute atomic E-state index is 0.0537. The molecule has 7 heteroatoms. The second-order valence-corrected chi connectivity index (χ2v) is 7.72. The van der Waals surface area contributed by atoms with Gasteiger partial charge in [0.05, 0.1) is 12.9 Å². The summed E-state index contributed by atoms with van der Waals surface area (Å²) in [5, 5.41) is 2.75. The van der Waals surface area contributed by atoms with Crippen molar-refractivity contribution < 1.29 is 23.5 Å². The number of anilines is 1. The lowest BCUT2D eigenvalue weighted by Gasteiger charge is -2.32. The monoisotopic (exact) mass is 434 g/mol. The normalized spacial score (nSPS) is 15.8. The lowest BCUT2D eigenvalue weighted by Crippen LogP contribution is -2.43. The van der Waals surface area contributed by atoms with Gasteiger partial charge in [0, 0.05) is 30.8 Å². The summed E-state index contributed by atoms with van der Waals surface area (Å²) in [6.07, 6.45) is 3.43. The maximum Gasteiger partial charge on any atom is 0.291 e. The van der Waals surface area contributed by atoms with E-state index in [4.69, 9.17) is 13.9 Å². The van der Waals surface area contributed by atoms with E-state index < -0.39 is 0 Å². The highest BCUT2D eigenvalue weighted by Crippen LogP contribution is 2.21. The number of para-hydroxylation sites is 1. The summed E-state index contributed by atoms with van der Waals surface area (Å²) >= 11 is 0. The molecular formula is C25H26N2O5. The van der Waals surface area contributed by atoms with Gasteiger partial charge in [0.1, 0.15) is 11.5 Å². The lowest BCUT2D eigenvalue weighted by atomic mass is 9.99. The number of piperidine rings is 1. The zero-order valence-electron chi connectivity index (χ0n) is 17.7. The van der Waals surface area contributed by atoms with Crippen molar-refractivity contribution >= 4 is 17.5 Å². The van der Waals surface area contributed by atoms with Crippen LogP contribution in [0.25, 0.3) is 0 Å². The van der Waals surface area contributed by atoms with Gasteiger partial charge in [0.25, 0.3) is 11.8 Å². The minimum Gasteiger partial charge on any atom is -0.493 e. The van der Waals surface area contributed by atoms with E-state index in [1.807, 2.05) is 35.2 Å². The zero-order chi connectivity index (χ0) is 22.2. The molecular weight excluding hydrogens is 408 g/mol. The van der Waals surface area contributed by atoms with Crippen LogP contribution in [-0.4, -0.2) is 43.0 Å². The van der Waals surface area contributed by atoms with E-state index in [9.17, 15) is 9.59 Å². The number of hydrogen-bond donors (Lipinski definition) is 1. The van der Waals surface area contributed by atoms with Gasteiger partial charge in [0.2, 0.25) is 0 Å². The number of likely N-dealkylation sites (tertiary alicyclic amines) is 1. The number of furan rings is 1. The van der Waals surface area contributed by atoms with Gasteiger partial charge in [-0.3, -0.25) is 9.59 Å². The van der Waals surface area contributed by atoms with Crippen molar-refractivity contribution in [2.24, 2.45) is 5.92 Å². The zero-order valence-corrected chi connectivity index (χ0v) is 17.7. The Kier molecular flexibility index (Phi) is 7.07. The third-order valence-corrected chi connectivity index (χ3v) is 5.30. The molecule has 1 unspecified atom stereocenters. The number of nitrogens with zero attached hydrogens (tertiary/aromatic N) is 1. The molecule has 32 heavy (non-hydrogen) atoms. The predicted molar refractivity (Wildman–Crippen MR) is 120 cm³/mol. The fourth-order valence-corrected chi connectivity index (χ4v) is 3.66. The van der Waals surface area contributed by atoms with E-state index in [-0.39, 0.29) is 24.2 Å². The molecule has 0 spiro atoms. The van der Waals surface area contributed by atoms with E-state index >= 15 is 0 Å². The van der Waals surface area contributed by atoms with Gasteiger partial charge < -0.3 is 24.1 Å². The van der Waals surface area contributed by atoms with Crippen LogP contribution in [0.3, 0.4) is 0 Å². The van der Waals surface area contributed by atoms with Crippen molar-refractivity contribution in [1.82, 2.24) is 4.90 Å². The number of carbonyl (C=O) groups is 2. The van der Waals surface area contributed by atoms with Crippen LogP contribution in [0.2, 0.25) is 0 Å². The molecule has 1 atom stereocenters. The first kappa shape index (κ1) is 21.5. The van der Waals surface area contributed by atoms with E-state index in [1.165, 1.54) is 6.26 Å². The Bertz CT molecular complexity index is 1020. The molecule has 0 bridgehead atoms. The Morgan fingerprint density at radius 2 is 1.84 bits per heavy atom. The largest absolute Gasteiger partial charge is 0.493 e. The fraction of sp³-hybridized carbons (Fsp3) is 0.280. The number of nitrogens with one attached hydrogen (secondary N) is 1. The summed E-state index contributed by atoms with van der Waals surface area (Å²) in [5.41, 5.74) is 0.562. The number of benzene rings is 2. The van der Waals surface area contributed by atoms with Crippen molar-refractivity contribution in [3.05, 3.63) is 78.8 Å². The smallest absolute Gasteiger partial charge is 0.291 e. The van der Waals surface area contributed by atoms with E-state index in [0.717, 1.165) is 25.1 Å². The second-order valence-electron chi connectivity index (χ2n) is 7.72. The first-order valence-corrected chi connectivity index (χ1v) is 10.7. The van der Waals surface area contributed by atoms with Gasteiger partial charge in [0.15, 0.2) is 12.4 Å². The Hall–Kier alpha value is -3.74. The number of carbonyl (C=O) groups excluding carboxylic acids is 2. The molecule has 1 fully saturated rings. The molecule has 0 saturated carbocycles. The van der Waals surface area contributed by atoms with E-state index in [0.29, 0.717) is 30.5 Å². The van der Waals surface area contributed by atoms with Crippen LogP contribution in [-0.2, 0) is 4.79 Å². The fourth-order valence-electron chi connectivity index (χ4n) is 3.66. The Morgan fingerprint density at radius 3 is 2.66 bits per heavy atom. The molecule has 0 aliphatic carbocycles. The summed E-state index contributed by atoms with van der Waals surface area (Å²) in [5.74, 6) is 1.48. The Labute approximate surface area is 186 Å². The molecule has 166 valence electrons. The molecule has 3 aromatic rings. The quantitative estimate of drug-likeness (QED) is 0.574. The molecule has 2 aromatic carbocycles. The molecule has 1 aliphatic rings. The molecule has 1 aromatic heterocycles. The van der Waals surface area contributed by atoms with E-state index in [2.05, 4.69) is 5.32 Å². The number of amides is 2.